The van der Waals surface area contributed by atoms with Gasteiger partial charge in [0.2, 0.25) is 0 Å². The molecule has 2 aromatic carbocycles. The maximum Gasteiger partial charge on any atom is 0.309 e. The Labute approximate surface area is 154 Å². The average molecular weight is 396 g/mol. The zero-order chi connectivity index (χ0) is 19.1. The third-order valence-electron chi connectivity index (χ3n) is 4.06. The van der Waals surface area contributed by atoms with E-state index in [1.54, 1.807) is 28.8 Å². The summed E-state index contributed by atoms with van der Waals surface area (Å²) in [6.07, 6.45) is 0.473. The number of fused-ring (bicyclic) bond motifs is 1. The topological polar surface area (TPSA) is 76.4 Å². The van der Waals surface area contributed by atoms with Crippen LogP contribution in [0.25, 0.3) is 10.9 Å². The predicted octanol–water partition coefficient (Wildman–Crippen LogP) is 3.51. The highest BCUT2D eigenvalue weighted by molar-refractivity contribution is 7.91. The highest BCUT2D eigenvalue weighted by Crippen LogP contribution is 2.33. The van der Waals surface area contributed by atoms with Crippen molar-refractivity contribution in [3.63, 3.8) is 0 Å². The first-order valence-corrected chi connectivity index (χ1v) is 9.91. The number of rotatable bonds is 5. The minimum Gasteiger partial charge on any atom is -0.481 e. The van der Waals surface area contributed by atoms with Crippen molar-refractivity contribution in [2.45, 2.75) is 17.9 Å². The van der Waals surface area contributed by atoms with Crippen LogP contribution in [0.2, 0.25) is 5.02 Å². The Balaban J connectivity index is 2.36. The summed E-state index contributed by atoms with van der Waals surface area (Å²) in [7, 11) is -3.79. The number of aliphatic carboxylic acids is 1. The summed E-state index contributed by atoms with van der Waals surface area (Å²) >= 11 is 6.20. The SMILES string of the molecule is CS(=O)(=O)c1c(CC(=O)O)n(Cc2ccccc2Cl)c2ccc(F)cc12. The fraction of sp³-hybridized carbons (Fsp3) is 0.167. The van der Waals surface area contributed by atoms with Gasteiger partial charge in [-0.05, 0) is 29.8 Å². The largest absolute Gasteiger partial charge is 0.481 e. The Morgan fingerprint density at radius 2 is 1.92 bits per heavy atom. The number of nitrogens with zero attached hydrogens (tertiary/aromatic N) is 1. The second kappa shape index (κ2) is 6.74. The minimum atomic E-state index is -3.79. The molecule has 3 rings (SSSR count). The monoisotopic (exact) mass is 395 g/mol. The molecule has 0 fully saturated rings. The Hall–Kier alpha value is -2.38. The molecule has 3 aromatic rings. The molecular formula is C18H15ClFNO4S. The number of aromatic nitrogens is 1. The van der Waals surface area contributed by atoms with Crippen molar-refractivity contribution in [3.8, 4) is 0 Å². The Bertz CT molecular complexity index is 1120. The van der Waals surface area contributed by atoms with Crippen molar-refractivity contribution in [3.05, 3.63) is 64.6 Å². The number of hydrogen-bond donors (Lipinski definition) is 1. The molecule has 0 unspecified atom stereocenters. The molecule has 0 aliphatic heterocycles. The van der Waals surface area contributed by atoms with Gasteiger partial charge in [-0.1, -0.05) is 29.8 Å². The van der Waals surface area contributed by atoms with E-state index in [1.807, 2.05) is 0 Å². The van der Waals surface area contributed by atoms with Crippen LogP contribution in [0.5, 0.6) is 0 Å². The van der Waals surface area contributed by atoms with Crippen molar-refractivity contribution in [2.75, 3.05) is 6.26 Å². The lowest BCUT2D eigenvalue weighted by atomic mass is 10.2. The highest BCUT2D eigenvalue weighted by Gasteiger charge is 2.26. The molecule has 1 aromatic heterocycles. The van der Waals surface area contributed by atoms with Crippen LogP contribution >= 0.6 is 11.6 Å². The lowest BCUT2D eigenvalue weighted by molar-refractivity contribution is -0.136. The van der Waals surface area contributed by atoms with Crippen LogP contribution in [-0.2, 0) is 27.6 Å². The van der Waals surface area contributed by atoms with Gasteiger partial charge in [-0.15, -0.1) is 0 Å². The zero-order valence-corrected chi connectivity index (χ0v) is 15.3. The van der Waals surface area contributed by atoms with E-state index < -0.39 is 28.0 Å². The summed E-state index contributed by atoms with van der Waals surface area (Å²) in [6.45, 7) is 0.167. The molecular weight excluding hydrogens is 381 g/mol. The number of benzene rings is 2. The molecule has 5 nitrogen and oxygen atoms in total. The van der Waals surface area contributed by atoms with Gasteiger partial charge in [0, 0.05) is 28.9 Å². The summed E-state index contributed by atoms with van der Waals surface area (Å²) in [5.41, 5.74) is 1.23. The maximum absolute atomic E-state index is 13.8. The van der Waals surface area contributed by atoms with Crippen molar-refractivity contribution in [1.29, 1.82) is 0 Å². The molecule has 0 spiro atoms. The first kappa shape index (κ1) is 18.4. The molecule has 0 amide bonds. The third-order valence-corrected chi connectivity index (χ3v) is 5.62. The molecule has 1 N–H and O–H groups in total. The third kappa shape index (κ3) is 3.45. The lowest BCUT2D eigenvalue weighted by Gasteiger charge is -2.12. The molecule has 8 heteroatoms. The summed E-state index contributed by atoms with van der Waals surface area (Å²) < 4.78 is 40.0. The van der Waals surface area contributed by atoms with Crippen LogP contribution in [0.1, 0.15) is 11.3 Å². The second-order valence-electron chi connectivity index (χ2n) is 5.96. The predicted molar refractivity (Wildman–Crippen MR) is 96.9 cm³/mol. The van der Waals surface area contributed by atoms with Gasteiger partial charge in [-0.2, -0.15) is 0 Å². The fourth-order valence-corrected chi connectivity index (χ4v) is 4.43. The normalized spacial score (nSPS) is 11.8. The Kier molecular flexibility index (Phi) is 4.77. The van der Waals surface area contributed by atoms with E-state index in [-0.39, 0.29) is 22.5 Å². The summed E-state index contributed by atoms with van der Waals surface area (Å²) in [5.74, 6) is -1.78. The minimum absolute atomic E-state index is 0.0977. The molecule has 1 heterocycles. The molecule has 136 valence electrons. The van der Waals surface area contributed by atoms with Crippen LogP contribution < -0.4 is 0 Å². The van der Waals surface area contributed by atoms with Gasteiger partial charge in [-0.25, -0.2) is 12.8 Å². The summed E-state index contributed by atoms with van der Waals surface area (Å²) in [5, 5.41) is 9.91. The molecule has 0 saturated heterocycles. The first-order chi connectivity index (χ1) is 12.2. The smallest absolute Gasteiger partial charge is 0.309 e. The number of hydrogen-bond acceptors (Lipinski definition) is 3. The van der Waals surface area contributed by atoms with Gasteiger partial charge < -0.3 is 9.67 Å². The number of halogens is 2. The lowest BCUT2D eigenvalue weighted by Crippen LogP contribution is -2.13. The Morgan fingerprint density at radius 3 is 2.54 bits per heavy atom. The number of carbonyl (C=O) groups is 1. The standard InChI is InChI=1S/C18H15ClFNO4S/c1-26(24,25)18-13-8-12(20)6-7-15(13)21(16(18)9-17(22)23)10-11-4-2-3-5-14(11)19/h2-8H,9-10H2,1H3,(H,22,23). The van der Waals surface area contributed by atoms with Crippen molar-refractivity contribution >= 4 is 38.3 Å². The molecule has 0 aliphatic carbocycles. The van der Waals surface area contributed by atoms with Gasteiger partial charge in [0.15, 0.2) is 9.84 Å². The maximum atomic E-state index is 13.8. The van der Waals surface area contributed by atoms with Crippen LogP contribution in [0.15, 0.2) is 47.4 Å². The average Bonchev–Trinajstić information content (AvgIpc) is 2.81. The van der Waals surface area contributed by atoms with Crippen LogP contribution in [0.4, 0.5) is 4.39 Å². The number of sulfone groups is 1. The molecule has 26 heavy (non-hydrogen) atoms. The van der Waals surface area contributed by atoms with Gasteiger partial charge in [0.1, 0.15) is 5.82 Å². The van der Waals surface area contributed by atoms with E-state index in [1.165, 1.54) is 12.1 Å². The first-order valence-electron chi connectivity index (χ1n) is 7.64. The quantitative estimate of drug-likeness (QED) is 0.717. The molecule has 0 atom stereocenters. The van der Waals surface area contributed by atoms with E-state index in [9.17, 15) is 22.7 Å². The van der Waals surface area contributed by atoms with E-state index in [4.69, 9.17) is 11.6 Å². The van der Waals surface area contributed by atoms with Crippen LogP contribution in [0, 0.1) is 5.82 Å². The number of carboxylic acids is 1. The van der Waals surface area contributed by atoms with Gasteiger partial charge in [-0.3, -0.25) is 4.79 Å². The van der Waals surface area contributed by atoms with Crippen molar-refractivity contribution < 1.29 is 22.7 Å². The van der Waals surface area contributed by atoms with E-state index in [0.717, 1.165) is 12.3 Å². The molecule has 0 saturated carbocycles. The van der Waals surface area contributed by atoms with Gasteiger partial charge >= 0.3 is 5.97 Å². The molecule has 0 bridgehead atoms. The Morgan fingerprint density at radius 1 is 1.23 bits per heavy atom. The van der Waals surface area contributed by atoms with Crippen molar-refractivity contribution in [1.82, 2.24) is 4.57 Å². The molecule has 0 radical (unpaired) electrons. The number of carboxylic acid groups (broad SMARTS) is 1. The highest BCUT2D eigenvalue weighted by atomic mass is 35.5. The fourth-order valence-electron chi connectivity index (χ4n) is 3.06. The summed E-state index contributed by atoms with van der Waals surface area (Å²) in [4.78, 5) is 11.2. The van der Waals surface area contributed by atoms with E-state index in [0.29, 0.717) is 16.1 Å². The van der Waals surface area contributed by atoms with Crippen LogP contribution in [-0.4, -0.2) is 30.3 Å². The van der Waals surface area contributed by atoms with Gasteiger partial charge in [0.05, 0.1) is 16.8 Å². The summed E-state index contributed by atoms with van der Waals surface area (Å²) in [6, 6.07) is 10.8. The van der Waals surface area contributed by atoms with E-state index in [2.05, 4.69) is 0 Å². The second-order valence-corrected chi connectivity index (χ2v) is 8.32. The van der Waals surface area contributed by atoms with Crippen molar-refractivity contribution in [2.24, 2.45) is 0 Å². The van der Waals surface area contributed by atoms with E-state index >= 15 is 0 Å². The van der Waals surface area contributed by atoms with Gasteiger partial charge in [0.25, 0.3) is 0 Å². The molecule has 0 aliphatic rings. The zero-order valence-electron chi connectivity index (χ0n) is 13.7. The van der Waals surface area contributed by atoms with Crippen LogP contribution in [0.3, 0.4) is 0 Å².